The van der Waals surface area contributed by atoms with Crippen LogP contribution in [0, 0.1) is 13.8 Å². The maximum atomic E-state index is 12.5. The molecular formula is C24H27NO3. The van der Waals surface area contributed by atoms with Gasteiger partial charge in [-0.2, -0.15) is 0 Å². The zero-order valence-corrected chi connectivity index (χ0v) is 16.7. The number of hydrogen-bond acceptors (Lipinski definition) is 3. The molecule has 3 rings (SSSR count). The Bertz CT molecular complexity index is 951. The van der Waals surface area contributed by atoms with E-state index in [9.17, 15) is 4.79 Å². The zero-order chi connectivity index (χ0) is 19.9. The topological polar surface area (TPSA) is 47.6 Å². The number of aryl methyl sites for hydroxylation is 1. The smallest absolute Gasteiger partial charge is 0.261 e. The number of hydrogen-bond donors (Lipinski definition) is 1. The Morgan fingerprint density at radius 1 is 1.00 bits per heavy atom. The molecule has 1 atom stereocenters. The number of benzene rings is 3. The second kappa shape index (κ2) is 9.27. The third-order valence-corrected chi connectivity index (χ3v) is 4.88. The summed E-state index contributed by atoms with van der Waals surface area (Å²) in [5, 5.41) is 5.22. The van der Waals surface area contributed by atoms with E-state index in [2.05, 4.69) is 17.4 Å². The van der Waals surface area contributed by atoms with Gasteiger partial charge in [-0.3, -0.25) is 4.79 Å². The minimum absolute atomic E-state index is 0.120. The second-order valence-corrected chi connectivity index (χ2v) is 6.86. The monoisotopic (exact) mass is 377 g/mol. The molecule has 146 valence electrons. The van der Waals surface area contributed by atoms with Gasteiger partial charge >= 0.3 is 0 Å². The molecule has 28 heavy (non-hydrogen) atoms. The second-order valence-electron chi connectivity index (χ2n) is 6.86. The lowest BCUT2D eigenvalue weighted by Gasteiger charge is -2.19. The Balaban J connectivity index is 1.50. The van der Waals surface area contributed by atoms with E-state index >= 15 is 0 Å². The van der Waals surface area contributed by atoms with Crippen LogP contribution >= 0.6 is 0 Å². The van der Waals surface area contributed by atoms with Gasteiger partial charge in [-0.15, -0.1) is 0 Å². The van der Waals surface area contributed by atoms with Crippen molar-refractivity contribution in [1.82, 2.24) is 5.32 Å². The summed E-state index contributed by atoms with van der Waals surface area (Å²) in [4.78, 5) is 12.5. The first kappa shape index (κ1) is 19.7. The van der Waals surface area contributed by atoms with Crippen molar-refractivity contribution in [1.29, 1.82) is 0 Å². The molecule has 0 aliphatic rings. The van der Waals surface area contributed by atoms with Gasteiger partial charge in [-0.25, -0.2) is 0 Å². The Morgan fingerprint density at radius 2 is 1.79 bits per heavy atom. The number of amides is 1. The van der Waals surface area contributed by atoms with Crippen molar-refractivity contribution >= 4 is 16.7 Å². The minimum atomic E-state index is -0.513. The fourth-order valence-corrected chi connectivity index (χ4v) is 3.04. The fourth-order valence-electron chi connectivity index (χ4n) is 3.04. The summed E-state index contributed by atoms with van der Waals surface area (Å²) in [5.74, 6) is 1.44. The summed E-state index contributed by atoms with van der Waals surface area (Å²) in [6.07, 6.45) is 0.0891. The van der Waals surface area contributed by atoms with E-state index < -0.39 is 6.10 Å². The van der Waals surface area contributed by atoms with Crippen LogP contribution in [0.25, 0.3) is 10.8 Å². The van der Waals surface area contributed by atoms with Crippen LogP contribution in [-0.4, -0.2) is 25.2 Å². The largest absolute Gasteiger partial charge is 0.492 e. The molecule has 3 aromatic rings. The van der Waals surface area contributed by atoms with Crippen molar-refractivity contribution < 1.29 is 14.3 Å². The maximum Gasteiger partial charge on any atom is 0.261 e. The average molecular weight is 377 g/mol. The summed E-state index contributed by atoms with van der Waals surface area (Å²) in [5.41, 5.74) is 2.21. The van der Waals surface area contributed by atoms with E-state index in [4.69, 9.17) is 9.47 Å². The van der Waals surface area contributed by atoms with Crippen molar-refractivity contribution in [2.24, 2.45) is 0 Å². The van der Waals surface area contributed by atoms with Crippen molar-refractivity contribution in [2.75, 3.05) is 13.2 Å². The van der Waals surface area contributed by atoms with Crippen molar-refractivity contribution in [2.45, 2.75) is 33.3 Å². The Labute approximate surface area is 166 Å². The molecule has 0 aliphatic carbocycles. The number of fused-ring (bicyclic) bond motifs is 1. The molecule has 1 unspecified atom stereocenters. The summed E-state index contributed by atoms with van der Waals surface area (Å²) >= 11 is 0. The van der Waals surface area contributed by atoms with Gasteiger partial charge in [0.2, 0.25) is 0 Å². The normalized spacial score (nSPS) is 11.8. The van der Waals surface area contributed by atoms with Crippen LogP contribution in [0.5, 0.6) is 11.5 Å². The molecule has 0 radical (unpaired) electrons. The predicted octanol–water partition coefficient (Wildman–Crippen LogP) is 4.81. The lowest BCUT2D eigenvalue weighted by molar-refractivity contribution is -0.128. The molecule has 4 heteroatoms. The lowest BCUT2D eigenvalue weighted by Crippen LogP contribution is -2.39. The van der Waals surface area contributed by atoms with E-state index in [-0.39, 0.29) is 5.91 Å². The van der Waals surface area contributed by atoms with Crippen LogP contribution in [0.15, 0.2) is 60.7 Å². The highest BCUT2D eigenvalue weighted by atomic mass is 16.5. The number of carbonyl (C=O) groups is 1. The average Bonchev–Trinajstić information content (AvgIpc) is 2.72. The van der Waals surface area contributed by atoms with E-state index in [0.29, 0.717) is 19.6 Å². The number of carbonyl (C=O) groups excluding carboxylic acids is 1. The highest BCUT2D eigenvalue weighted by Crippen LogP contribution is 2.23. The van der Waals surface area contributed by atoms with Gasteiger partial charge in [0.05, 0.1) is 6.54 Å². The first-order valence-corrected chi connectivity index (χ1v) is 9.70. The summed E-state index contributed by atoms with van der Waals surface area (Å²) in [7, 11) is 0. The molecule has 4 nitrogen and oxygen atoms in total. The van der Waals surface area contributed by atoms with Crippen LogP contribution < -0.4 is 14.8 Å². The summed E-state index contributed by atoms with van der Waals surface area (Å²) < 4.78 is 11.7. The highest BCUT2D eigenvalue weighted by molar-refractivity contribution is 5.83. The van der Waals surface area contributed by atoms with E-state index in [1.807, 2.05) is 69.3 Å². The SMILES string of the molecule is CCC(Oc1cccc(C)c1C)C(=O)NCCOc1ccc2ccccc2c1. The van der Waals surface area contributed by atoms with Crippen LogP contribution in [0.4, 0.5) is 0 Å². The van der Waals surface area contributed by atoms with Crippen LogP contribution in [0.2, 0.25) is 0 Å². The third kappa shape index (κ3) is 4.83. The molecule has 0 saturated carbocycles. The Hall–Kier alpha value is -3.01. The Kier molecular flexibility index (Phi) is 6.53. The minimum Gasteiger partial charge on any atom is -0.492 e. The Morgan fingerprint density at radius 3 is 2.57 bits per heavy atom. The van der Waals surface area contributed by atoms with Gasteiger partial charge in [0, 0.05) is 0 Å². The number of rotatable bonds is 8. The van der Waals surface area contributed by atoms with E-state index in [1.165, 1.54) is 5.39 Å². The highest BCUT2D eigenvalue weighted by Gasteiger charge is 2.19. The van der Waals surface area contributed by atoms with Gasteiger partial charge in [-0.05, 0) is 60.4 Å². The van der Waals surface area contributed by atoms with Crippen molar-refractivity contribution in [3.8, 4) is 11.5 Å². The third-order valence-electron chi connectivity index (χ3n) is 4.88. The number of ether oxygens (including phenoxy) is 2. The molecule has 0 fully saturated rings. The molecule has 0 aromatic heterocycles. The van der Waals surface area contributed by atoms with Crippen LogP contribution in [0.1, 0.15) is 24.5 Å². The van der Waals surface area contributed by atoms with Gasteiger partial charge in [0.15, 0.2) is 6.10 Å². The van der Waals surface area contributed by atoms with Gasteiger partial charge < -0.3 is 14.8 Å². The zero-order valence-electron chi connectivity index (χ0n) is 16.7. The predicted molar refractivity (Wildman–Crippen MR) is 113 cm³/mol. The van der Waals surface area contributed by atoms with Crippen molar-refractivity contribution in [3.63, 3.8) is 0 Å². The molecular weight excluding hydrogens is 350 g/mol. The molecule has 1 amide bonds. The summed E-state index contributed by atoms with van der Waals surface area (Å²) in [6, 6.07) is 20.0. The molecule has 3 aromatic carbocycles. The fraction of sp³-hybridized carbons (Fsp3) is 0.292. The number of nitrogens with one attached hydrogen (secondary N) is 1. The quantitative estimate of drug-likeness (QED) is 0.573. The first-order valence-electron chi connectivity index (χ1n) is 9.70. The van der Waals surface area contributed by atoms with E-state index in [1.54, 1.807) is 0 Å². The molecule has 0 heterocycles. The molecule has 1 N–H and O–H groups in total. The molecule has 0 saturated heterocycles. The van der Waals surface area contributed by atoms with Gasteiger partial charge in [0.25, 0.3) is 5.91 Å². The standard InChI is InChI=1S/C24H27NO3/c1-4-22(28-23-11-7-8-17(2)18(23)3)24(26)25-14-15-27-21-13-12-19-9-5-6-10-20(19)16-21/h5-13,16,22H,4,14-15H2,1-3H3,(H,25,26). The molecule has 0 bridgehead atoms. The van der Waals surface area contributed by atoms with E-state index in [0.717, 1.165) is 28.0 Å². The van der Waals surface area contributed by atoms with Crippen LogP contribution in [0.3, 0.4) is 0 Å². The van der Waals surface area contributed by atoms with Crippen LogP contribution in [-0.2, 0) is 4.79 Å². The van der Waals surface area contributed by atoms with Gasteiger partial charge in [-0.1, -0.05) is 49.4 Å². The van der Waals surface area contributed by atoms with Crippen molar-refractivity contribution in [3.05, 3.63) is 71.8 Å². The summed E-state index contributed by atoms with van der Waals surface area (Å²) in [6.45, 7) is 6.82. The lowest BCUT2D eigenvalue weighted by atomic mass is 10.1. The first-order chi connectivity index (χ1) is 13.6. The van der Waals surface area contributed by atoms with Gasteiger partial charge in [0.1, 0.15) is 18.1 Å². The molecule has 0 aliphatic heterocycles. The maximum absolute atomic E-state index is 12.5. The molecule has 0 spiro atoms.